The van der Waals surface area contributed by atoms with Crippen LogP contribution < -0.4 is 5.76 Å². The van der Waals surface area contributed by atoms with Gasteiger partial charge in [-0.1, -0.05) is 35.0 Å². The Labute approximate surface area is 206 Å². The SMILES string of the molecule is C=CCCc1nc(-c2ccc(C(F)(F)F)cc2)sc1COC1=CC2C(C(Cl)=C1)C2c1noc(=O)[nH]1. The number of hydrogen-bond donors (Lipinski definition) is 1. The number of ether oxygens (including phenoxy) is 1. The molecule has 0 amide bonds. The second-order valence-electron chi connectivity index (χ2n) is 8.29. The normalized spacial score (nSPS) is 21.2. The number of nitrogens with zero attached hydrogens (tertiary/aromatic N) is 2. The summed E-state index contributed by atoms with van der Waals surface area (Å²) in [6.07, 6.45) is 2.45. The third-order valence-corrected chi connectivity index (χ3v) is 7.48. The standard InChI is InChI=1S/C24H19ClF3N3O3S/c1-2-3-4-17-18(35-22(29-17)12-5-7-13(8-6-12)24(26,27)28)11-33-14-9-15-19(16(25)10-14)20(15)21-30-23(32)34-31-21/h2,5-10,15,19-20H,1,3-4,11H2,(H,30,31,32). The van der Waals surface area contributed by atoms with Gasteiger partial charge < -0.3 is 4.74 Å². The zero-order valence-electron chi connectivity index (χ0n) is 18.1. The van der Waals surface area contributed by atoms with Crippen LogP contribution in [0.15, 0.2) is 69.2 Å². The summed E-state index contributed by atoms with van der Waals surface area (Å²) in [7, 11) is 0. The van der Waals surface area contributed by atoms with Gasteiger partial charge in [0.05, 0.1) is 16.1 Å². The Hall–Kier alpha value is -3.11. The lowest BCUT2D eigenvalue weighted by atomic mass is 10.1. The third-order valence-electron chi connectivity index (χ3n) is 6.00. The average Bonchev–Trinajstić information content (AvgIpc) is 3.16. The Kier molecular flexibility index (Phi) is 6.18. The molecule has 0 radical (unpaired) electrons. The van der Waals surface area contributed by atoms with Gasteiger partial charge in [0, 0.05) is 22.4 Å². The molecule has 6 nitrogen and oxygen atoms in total. The molecule has 0 saturated heterocycles. The fourth-order valence-corrected chi connectivity index (χ4v) is 5.61. The molecular weight excluding hydrogens is 503 g/mol. The maximum absolute atomic E-state index is 12.9. The smallest absolute Gasteiger partial charge is 0.438 e. The van der Waals surface area contributed by atoms with Crippen LogP contribution in [0.2, 0.25) is 0 Å². The molecule has 2 aromatic heterocycles. The number of allylic oxidation sites excluding steroid dienone is 4. The minimum Gasteiger partial charge on any atom is -0.488 e. The van der Waals surface area contributed by atoms with Gasteiger partial charge in [-0.2, -0.15) is 13.2 Å². The number of thiazole rings is 1. The number of hydrogen-bond acceptors (Lipinski definition) is 6. The van der Waals surface area contributed by atoms with Crippen LogP contribution in [0.4, 0.5) is 13.2 Å². The van der Waals surface area contributed by atoms with E-state index in [-0.39, 0.29) is 24.4 Å². The largest absolute Gasteiger partial charge is 0.488 e. The summed E-state index contributed by atoms with van der Waals surface area (Å²) >= 11 is 7.84. The molecule has 1 fully saturated rings. The summed E-state index contributed by atoms with van der Waals surface area (Å²) in [5.41, 5.74) is 0.727. The predicted octanol–water partition coefficient (Wildman–Crippen LogP) is 6.19. The second kappa shape index (κ2) is 9.16. The molecule has 3 aromatic rings. The van der Waals surface area contributed by atoms with Crippen molar-refractivity contribution < 1.29 is 22.4 Å². The molecule has 0 bridgehead atoms. The van der Waals surface area contributed by atoms with Gasteiger partial charge in [0.1, 0.15) is 17.4 Å². The molecular formula is C24H19ClF3N3O3S. The first-order valence-corrected chi connectivity index (χ1v) is 12.0. The van der Waals surface area contributed by atoms with E-state index in [9.17, 15) is 18.0 Å². The molecule has 182 valence electrons. The van der Waals surface area contributed by atoms with Crippen molar-refractivity contribution in [1.82, 2.24) is 15.1 Å². The van der Waals surface area contributed by atoms with Crippen LogP contribution in [0, 0.1) is 11.8 Å². The summed E-state index contributed by atoms with van der Waals surface area (Å²) < 4.78 is 49.4. The zero-order chi connectivity index (χ0) is 24.7. The first-order chi connectivity index (χ1) is 16.7. The number of benzene rings is 1. The summed E-state index contributed by atoms with van der Waals surface area (Å²) in [4.78, 5) is 19.4. The van der Waals surface area contributed by atoms with E-state index in [0.717, 1.165) is 22.7 Å². The van der Waals surface area contributed by atoms with Crippen molar-refractivity contribution in [2.75, 3.05) is 0 Å². The maximum Gasteiger partial charge on any atom is 0.438 e. The van der Waals surface area contributed by atoms with E-state index in [1.807, 2.05) is 6.08 Å². The van der Waals surface area contributed by atoms with E-state index in [1.165, 1.54) is 23.5 Å². The first kappa shape index (κ1) is 23.6. The Bertz CT molecular complexity index is 1370. The number of aryl methyl sites for hydroxylation is 1. The fraction of sp³-hybridized carbons (Fsp3) is 0.292. The summed E-state index contributed by atoms with van der Waals surface area (Å²) in [6.45, 7) is 3.99. The van der Waals surface area contributed by atoms with E-state index in [4.69, 9.17) is 16.3 Å². The summed E-state index contributed by atoms with van der Waals surface area (Å²) in [5.74, 6) is 0.470. The van der Waals surface area contributed by atoms with Crippen LogP contribution in [-0.2, 0) is 23.9 Å². The Balaban J connectivity index is 1.33. The number of H-pyrrole nitrogens is 1. The highest BCUT2D eigenvalue weighted by atomic mass is 35.5. The maximum atomic E-state index is 12.9. The molecule has 1 aromatic carbocycles. The van der Waals surface area contributed by atoms with Crippen molar-refractivity contribution in [3.8, 4) is 10.6 Å². The number of nitrogens with one attached hydrogen (secondary N) is 1. The van der Waals surface area contributed by atoms with Crippen molar-refractivity contribution in [3.63, 3.8) is 0 Å². The highest BCUT2D eigenvalue weighted by molar-refractivity contribution is 7.15. The minimum absolute atomic E-state index is 0.0302. The van der Waals surface area contributed by atoms with Gasteiger partial charge in [-0.3, -0.25) is 9.51 Å². The van der Waals surface area contributed by atoms with E-state index < -0.39 is 17.5 Å². The molecule has 35 heavy (non-hydrogen) atoms. The van der Waals surface area contributed by atoms with Gasteiger partial charge in [-0.05, 0) is 43.0 Å². The summed E-state index contributed by atoms with van der Waals surface area (Å²) in [5, 5.41) is 5.01. The monoisotopic (exact) mass is 521 g/mol. The lowest BCUT2D eigenvalue weighted by Gasteiger charge is -2.11. The number of aromatic nitrogens is 3. The van der Waals surface area contributed by atoms with Crippen LogP contribution >= 0.6 is 22.9 Å². The fourth-order valence-electron chi connectivity index (χ4n) is 4.20. The number of fused-ring (bicyclic) bond motifs is 1. The average molecular weight is 522 g/mol. The van der Waals surface area contributed by atoms with Gasteiger partial charge in [-0.25, -0.2) is 9.78 Å². The van der Waals surface area contributed by atoms with Crippen LogP contribution in [0.1, 0.15) is 34.3 Å². The minimum atomic E-state index is -4.39. The van der Waals surface area contributed by atoms with Gasteiger partial charge in [0.15, 0.2) is 5.82 Å². The molecule has 11 heteroatoms. The third kappa shape index (κ3) is 4.85. The van der Waals surface area contributed by atoms with E-state index in [1.54, 1.807) is 12.2 Å². The lowest BCUT2D eigenvalue weighted by Crippen LogP contribution is -2.03. The second-order valence-corrected chi connectivity index (χ2v) is 9.81. The zero-order valence-corrected chi connectivity index (χ0v) is 19.7. The van der Waals surface area contributed by atoms with Crippen molar-refractivity contribution >= 4 is 22.9 Å². The van der Waals surface area contributed by atoms with Crippen molar-refractivity contribution in [2.24, 2.45) is 11.8 Å². The van der Waals surface area contributed by atoms with Gasteiger partial charge in [0.25, 0.3) is 0 Å². The molecule has 3 atom stereocenters. The van der Waals surface area contributed by atoms with Crippen molar-refractivity contribution in [2.45, 2.75) is 31.5 Å². The number of halogens is 4. The Morgan fingerprint density at radius 1 is 1.26 bits per heavy atom. The molecule has 3 unspecified atom stereocenters. The highest BCUT2D eigenvalue weighted by Crippen LogP contribution is 2.60. The summed E-state index contributed by atoms with van der Waals surface area (Å²) in [6, 6.07) is 4.97. The van der Waals surface area contributed by atoms with Gasteiger partial charge in [0.2, 0.25) is 0 Å². The van der Waals surface area contributed by atoms with E-state index >= 15 is 0 Å². The molecule has 2 aliphatic rings. The molecule has 0 spiro atoms. The lowest BCUT2D eigenvalue weighted by molar-refractivity contribution is -0.137. The number of aromatic amines is 1. The van der Waals surface area contributed by atoms with E-state index in [2.05, 4.69) is 26.2 Å². The van der Waals surface area contributed by atoms with Crippen LogP contribution in [0.5, 0.6) is 0 Å². The Morgan fingerprint density at radius 2 is 2.03 bits per heavy atom. The predicted molar refractivity (Wildman–Crippen MR) is 125 cm³/mol. The molecule has 5 rings (SSSR count). The Morgan fingerprint density at radius 3 is 2.69 bits per heavy atom. The van der Waals surface area contributed by atoms with Gasteiger partial charge >= 0.3 is 11.9 Å². The quantitative estimate of drug-likeness (QED) is 0.357. The molecule has 1 saturated carbocycles. The number of alkyl halides is 3. The van der Waals surface area contributed by atoms with Crippen LogP contribution in [-0.4, -0.2) is 15.1 Å². The molecule has 0 aliphatic heterocycles. The van der Waals surface area contributed by atoms with Gasteiger partial charge in [-0.15, -0.1) is 17.9 Å². The highest BCUT2D eigenvalue weighted by Gasteiger charge is 2.55. The number of rotatable bonds is 8. The molecule has 1 N–H and O–H groups in total. The van der Waals surface area contributed by atoms with E-state index in [0.29, 0.717) is 40.0 Å². The van der Waals surface area contributed by atoms with Crippen LogP contribution in [0.3, 0.4) is 0 Å². The molecule has 2 heterocycles. The van der Waals surface area contributed by atoms with Crippen molar-refractivity contribution in [1.29, 1.82) is 0 Å². The molecule has 2 aliphatic carbocycles. The van der Waals surface area contributed by atoms with Crippen LogP contribution in [0.25, 0.3) is 10.6 Å². The van der Waals surface area contributed by atoms with Crippen molar-refractivity contribution in [3.05, 3.63) is 92.4 Å². The first-order valence-electron chi connectivity index (χ1n) is 10.8. The topological polar surface area (TPSA) is 81.0 Å².